The number of anilines is 1. The predicted octanol–water partition coefficient (Wildman–Crippen LogP) is 3.64. The number of carbonyl (C=O) groups excluding carboxylic acids is 2. The zero-order valence-electron chi connectivity index (χ0n) is 20.1. The number of ether oxygens (including phenoxy) is 1. The SMILES string of the molecule is C=CC(=O)N1C[C@H](Nc2ncnc3c2ccn3COC(=O)CCCC[C@@H]2CCS(=O)S2)CC[C@@H]1C. The molecule has 2 aromatic heterocycles. The lowest BCUT2D eigenvalue weighted by molar-refractivity contribution is -0.147. The predicted molar refractivity (Wildman–Crippen MR) is 139 cm³/mol. The maximum Gasteiger partial charge on any atom is 0.307 e. The second-order valence-corrected chi connectivity index (χ2v) is 12.7. The van der Waals surface area contributed by atoms with E-state index in [0.717, 1.165) is 49.7 Å². The first-order valence-electron chi connectivity index (χ1n) is 12.1. The minimum atomic E-state index is -0.721. The number of carbonyl (C=O) groups is 2. The highest BCUT2D eigenvalue weighted by molar-refractivity contribution is 8.69. The van der Waals surface area contributed by atoms with Gasteiger partial charge < -0.3 is 15.0 Å². The second-order valence-electron chi connectivity index (χ2n) is 9.11. The number of amides is 1. The van der Waals surface area contributed by atoms with Gasteiger partial charge in [0, 0.05) is 42.2 Å². The Bertz CT molecular complexity index is 1090. The molecule has 4 heterocycles. The van der Waals surface area contributed by atoms with Crippen LogP contribution in [0.3, 0.4) is 0 Å². The zero-order chi connectivity index (χ0) is 24.8. The summed E-state index contributed by atoms with van der Waals surface area (Å²) in [6.07, 6.45) is 10.6. The molecule has 4 rings (SSSR count). The normalized spacial score (nSPS) is 24.4. The van der Waals surface area contributed by atoms with Gasteiger partial charge >= 0.3 is 5.97 Å². The molecule has 0 saturated carbocycles. The van der Waals surface area contributed by atoms with E-state index in [-0.39, 0.29) is 30.7 Å². The van der Waals surface area contributed by atoms with Crippen LogP contribution in [0.25, 0.3) is 11.0 Å². The number of aromatic nitrogens is 3. The molecule has 1 unspecified atom stereocenters. The number of fused-ring (bicyclic) bond motifs is 1. The summed E-state index contributed by atoms with van der Waals surface area (Å²) >= 11 is 0. The van der Waals surface area contributed by atoms with Crippen LogP contribution in [0.5, 0.6) is 0 Å². The van der Waals surface area contributed by atoms with Crippen LogP contribution in [0, 0.1) is 0 Å². The van der Waals surface area contributed by atoms with Crippen molar-refractivity contribution in [1.29, 1.82) is 0 Å². The molecule has 0 aromatic carbocycles. The average molecular weight is 520 g/mol. The molecule has 2 fully saturated rings. The summed E-state index contributed by atoms with van der Waals surface area (Å²) in [5.74, 6) is 1.20. The first-order chi connectivity index (χ1) is 16.9. The number of unbranched alkanes of at least 4 members (excludes halogenated alkanes) is 1. The summed E-state index contributed by atoms with van der Waals surface area (Å²) in [7, 11) is 0.842. The maximum atomic E-state index is 12.2. The number of hydrogen-bond donors (Lipinski definition) is 1. The van der Waals surface area contributed by atoms with Crippen LogP contribution < -0.4 is 5.32 Å². The zero-order valence-corrected chi connectivity index (χ0v) is 21.7. The standard InChI is InChI=1S/C24H33N5O4S2/c1-3-21(30)29-14-18(9-8-17(29)2)27-23-20-10-12-28(24(20)26-15-25-23)16-33-22(31)7-5-4-6-19-11-13-35(32)34-19/h3,10,12,15,17-19H,1,4-9,11,13-14,16H2,2H3,(H,25,26,27)/t17-,18+,19+,35?/m0/s1. The van der Waals surface area contributed by atoms with E-state index in [1.54, 1.807) is 15.4 Å². The third kappa shape index (κ3) is 6.63. The van der Waals surface area contributed by atoms with Crippen LogP contribution in [0.4, 0.5) is 5.82 Å². The third-order valence-corrected chi connectivity index (χ3v) is 10.1. The van der Waals surface area contributed by atoms with Crippen molar-refractivity contribution < 1.29 is 18.5 Å². The van der Waals surface area contributed by atoms with Crippen molar-refractivity contribution in [2.24, 2.45) is 0 Å². The highest BCUT2D eigenvalue weighted by atomic mass is 33.1. The summed E-state index contributed by atoms with van der Waals surface area (Å²) in [6.45, 7) is 6.35. The lowest BCUT2D eigenvalue weighted by Gasteiger charge is -2.38. The molecule has 190 valence electrons. The van der Waals surface area contributed by atoms with Gasteiger partial charge in [0.2, 0.25) is 5.91 Å². The van der Waals surface area contributed by atoms with Crippen molar-refractivity contribution >= 4 is 49.4 Å². The minimum Gasteiger partial charge on any atom is -0.444 e. The van der Waals surface area contributed by atoms with Crippen LogP contribution in [-0.2, 0) is 30.9 Å². The number of hydrogen-bond acceptors (Lipinski definition) is 8. The van der Waals surface area contributed by atoms with Crippen LogP contribution >= 0.6 is 10.8 Å². The molecule has 0 spiro atoms. The Labute approximate surface area is 211 Å². The number of nitrogens with zero attached hydrogens (tertiary/aromatic N) is 4. The van der Waals surface area contributed by atoms with Crippen molar-refractivity contribution in [3.63, 3.8) is 0 Å². The van der Waals surface area contributed by atoms with Crippen molar-refractivity contribution in [2.75, 3.05) is 17.6 Å². The number of nitrogens with one attached hydrogen (secondary N) is 1. The molecule has 2 aromatic rings. The van der Waals surface area contributed by atoms with E-state index in [9.17, 15) is 13.8 Å². The molecule has 2 saturated heterocycles. The van der Waals surface area contributed by atoms with Crippen molar-refractivity contribution in [3.8, 4) is 0 Å². The highest BCUT2D eigenvalue weighted by Gasteiger charge is 2.28. The van der Waals surface area contributed by atoms with Crippen molar-refractivity contribution in [3.05, 3.63) is 31.2 Å². The Hall–Kier alpha value is -2.40. The first-order valence-corrected chi connectivity index (χ1v) is 14.9. The van der Waals surface area contributed by atoms with Gasteiger partial charge in [0.15, 0.2) is 6.73 Å². The largest absolute Gasteiger partial charge is 0.444 e. The minimum absolute atomic E-state index is 0.0568. The van der Waals surface area contributed by atoms with Gasteiger partial charge in [-0.1, -0.05) is 23.8 Å². The highest BCUT2D eigenvalue weighted by Crippen LogP contribution is 2.31. The number of esters is 1. The van der Waals surface area contributed by atoms with Gasteiger partial charge in [-0.25, -0.2) is 14.2 Å². The summed E-state index contributed by atoms with van der Waals surface area (Å²) < 4.78 is 18.7. The van der Waals surface area contributed by atoms with E-state index in [0.29, 0.717) is 29.7 Å². The van der Waals surface area contributed by atoms with Gasteiger partial charge in [-0.3, -0.25) is 14.2 Å². The Morgan fingerprint density at radius 2 is 2.17 bits per heavy atom. The van der Waals surface area contributed by atoms with Gasteiger partial charge in [-0.15, -0.1) is 0 Å². The Morgan fingerprint density at radius 1 is 1.31 bits per heavy atom. The Kier molecular flexibility index (Phi) is 8.83. The Morgan fingerprint density at radius 3 is 2.94 bits per heavy atom. The van der Waals surface area contributed by atoms with Gasteiger partial charge in [0.1, 0.15) is 17.8 Å². The molecular formula is C24H33N5O4S2. The van der Waals surface area contributed by atoms with Crippen LogP contribution in [0.2, 0.25) is 0 Å². The van der Waals surface area contributed by atoms with E-state index in [4.69, 9.17) is 4.74 Å². The molecule has 11 heteroatoms. The molecule has 0 bridgehead atoms. The number of piperidine rings is 1. The first kappa shape index (κ1) is 25.7. The monoisotopic (exact) mass is 519 g/mol. The lowest BCUT2D eigenvalue weighted by Crippen LogP contribution is -2.49. The molecule has 1 amide bonds. The summed E-state index contributed by atoms with van der Waals surface area (Å²) in [5, 5.41) is 4.77. The molecule has 0 radical (unpaired) electrons. The summed E-state index contributed by atoms with van der Waals surface area (Å²) in [6, 6.07) is 2.18. The van der Waals surface area contributed by atoms with Gasteiger partial charge in [-0.05, 0) is 51.2 Å². The molecule has 2 aliphatic heterocycles. The molecule has 0 aliphatic carbocycles. The molecule has 9 nitrogen and oxygen atoms in total. The maximum absolute atomic E-state index is 12.2. The number of rotatable bonds is 10. The molecular weight excluding hydrogens is 486 g/mol. The van der Waals surface area contributed by atoms with E-state index in [1.165, 1.54) is 12.4 Å². The molecule has 2 aliphatic rings. The lowest BCUT2D eigenvalue weighted by atomic mass is 9.99. The fraction of sp³-hybridized carbons (Fsp3) is 0.583. The fourth-order valence-corrected chi connectivity index (χ4v) is 8.16. The topological polar surface area (TPSA) is 106 Å². The van der Waals surface area contributed by atoms with Crippen LogP contribution in [0.15, 0.2) is 31.2 Å². The van der Waals surface area contributed by atoms with E-state index in [2.05, 4.69) is 28.8 Å². The van der Waals surface area contributed by atoms with Crippen LogP contribution in [-0.4, -0.2) is 65.2 Å². The smallest absolute Gasteiger partial charge is 0.307 e. The van der Waals surface area contributed by atoms with Crippen molar-refractivity contribution in [2.45, 2.75) is 75.9 Å². The third-order valence-electron chi connectivity index (χ3n) is 6.61. The molecule has 4 atom stereocenters. The number of likely N-dealkylation sites (tertiary alicyclic amines) is 1. The quantitative estimate of drug-likeness (QED) is 0.219. The van der Waals surface area contributed by atoms with Gasteiger partial charge in [-0.2, -0.15) is 0 Å². The van der Waals surface area contributed by atoms with E-state index < -0.39 is 9.83 Å². The van der Waals surface area contributed by atoms with Crippen molar-refractivity contribution in [1.82, 2.24) is 19.4 Å². The second kappa shape index (κ2) is 12.0. The molecule has 35 heavy (non-hydrogen) atoms. The summed E-state index contributed by atoms with van der Waals surface area (Å²) in [5.41, 5.74) is 0.685. The van der Waals surface area contributed by atoms with E-state index in [1.807, 2.05) is 17.2 Å². The van der Waals surface area contributed by atoms with E-state index >= 15 is 0 Å². The average Bonchev–Trinajstić information content (AvgIpc) is 3.47. The molecule has 1 N–H and O–H groups in total. The fourth-order valence-electron chi connectivity index (χ4n) is 4.59. The Balaban J connectivity index is 1.28. The van der Waals surface area contributed by atoms with Gasteiger partial charge in [0.25, 0.3) is 0 Å². The van der Waals surface area contributed by atoms with Gasteiger partial charge in [0.05, 0.1) is 15.2 Å². The van der Waals surface area contributed by atoms with Crippen LogP contribution in [0.1, 0.15) is 51.9 Å². The summed E-state index contributed by atoms with van der Waals surface area (Å²) in [4.78, 5) is 35.0.